The van der Waals surface area contributed by atoms with Crippen molar-refractivity contribution in [1.29, 1.82) is 0 Å². The lowest BCUT2D eigenvalue weighted by atomic mass is 10.1. The van der Waals surface area contributed by atoms with Crippen LogP contribution < -0.4 is 10.1 Å². The Morgan fingerprint density at radius 3 is 2.77 bits per heavy atom. The van der Waals surface area contributed by atoms with E-state index in [9.17, 15) is 9.59 Å². The SMILES string of the molecule is O=C(N[C@@H](Cc1ccccc1)C(=O)N1CCC(=NO)C1)Oc1cc2cc(Cl)ccc2[nH]1. The minimum absolute atomic E-state index is 0.236. The van der Waals surface area contributed by atoms with E-state index in [1.807, 2.05) is 30.3 Å². The molecule has 1 aliphatic heterocycles. The molecule has 0 aliphatic carbocycles. The minimum Gasteiger partial charge on any atom is -0.411 e. The Morgan fingerprint density at radius 1 is 1.23 bits per heavy atom. The maximum Gasteiger partial charge on any atom is 0.414 e. The van der Waals surface area contributed by atoms with Gasteiger partial charge in [-0.15, -0.1) is 0 Å². The van der Waals surface area contributed by atoms with Crippen LogP contribution in [0.25, 0.3) is 10.9 Å². The van der Waals surface area contributed by atoms with Gasteiger partial charge in [-0.1, -0.05) is 47.1 Å². The fourth-order valence-electron chi connectivity index (χ4n) is 3.59. The molecule has 1 fully saturated rings. The number of aromatic amines is 1. The van der Waals surface area contributed by atoms with Crippen LogP contribution >= 0.6 is 11.6 Å². The molecule has 3 aromatic rings. The van der Waals surface area contributed by atoms with Gasteiger partial charge in [0.25, 0.3) is 0 Å². The predicted octanol–water partition coefficient (Wildman–Crippen LogP) is 3.58. The van der Waals surface area contributed by atoms with Gasteiger partial charge in [-0.25, -0.2) is 4.79 Å². The van der Waals surface area contributed by atoms with Crippen LogP contribution in [0.15, 0.2) is 59.8 Å². The van der Waals surface area contributed by atoms with Crippen LogP contribution in [0, 0.1) is 0 Å². The summed E-state index contributed by atoms with van der Waals surface area (Å²) in [5.74, 6) is -0.0144. The third-order valence-corrected chi connectivity index (χ3v) is 5.37. The lowest BCUT2D eigenvalue weighted by Gasteiger charge is -2.23. The van der Waals surface area contributed by atoms with Gasteiger partial charge in [0, 0.05) is 41.4 Å². The van der Waals surface area contributed by atoms with Crippen LogP contribution in [0.2, 0.25) is 5.02 Å². The number of hydrogen-bond donors (Lipinski definition) is 3. The third-order valence-electron chi connectivity index (χ3n) is 5.13. The minimum atomic E-state index is -0.827. The van der Waals surface area contributed by atoms with Gasteiger partial charge >= 0.3 is 6.09 Å². The normalized spacial score (nSPS) is 15.9. The highest BCUT2D eigenvalue weighted by molar-refractivity contribution is 6.31. The molecular weight excluding hydrogens is 420 g/mol. The van der Waals surface area contributed by atoms with Crippen molar-refractivity contribution in [3.63, 3.8) is 0 Å². The van der Waals surface area contributed by atoms with Crippen molar-refractivity contribution in [3.05, 3.63) is 65.2 Å². The summed E-state index contributed by atoms with van der Waals surface area (Å²) >= 11 is 6.00. The molecule has 3 N–H and O–H groups in total. The summed E-state index contributed by atoms with van der Waals surface area (Å²) in [5, 5.41) is 16.2. The number of carbonyl (C=O) groups is 2. The van der Waals surface area contributed by atoms with E-state index in [0.717, 1.165) is 16.5 Å². The Bertz CT molecular complexity index is 1130. The molecule has 2 heterocycles. The van der Waals surface area contributed by atoms with E-state index in [0.29, 0.717) is 30.1 Å². The molecular formula is C22H21ClN4O4. The highest BCUT2D eigenvalue weighted by Crippen LogP contribution is 2.23. The summed E-state index contributed by atoms with van der Waals surface area (Å²) in [6.45, 7) is 0.670. The maximum atomic E-state index is 13.1. The molecule has 31 heavy (non-hydrogen) atoms. The second-order valence-electron chi connectivity index (χ2n) is 7.32. The first-order chi connectivity index (χ1) is 15.0. The quantitative estimate of drug-likeness (QED) is 0.416. The largest absolute Gasteiger partial charge is 0.414 e. The Hall–Kier alpha value is -3.52. The standard InChI is InChI=1S/C22H21ClN4O4/c23-16-6-7-18-15(11-16)12-20(24-18)31-22(29)25-19(10-14-4-2-1-3-5-14)21(28)27-9-8-17(13-27)26-30/h1-7,11-12,19,24,30H,8-10,13H2,(H,25,29)/t19-/m0/s1. The third kappa shape index (κ3) is 4.97. The molecule has 0 unspecified atom stereocenters. The summed E-state index contributed by atoms with van der Waals surface area (Å²) in [4.78, 5) is 30.2. The van der Waals surface area contributed by atoms with E-state index in [2.05, 4.69) is 15.5 Å². The average Bonchev–Trinajstić information content (AvgIpc) is 3.39. The first-order valence-corrected chi connectivity index (χ1v) is 10.2. The Kier molecular flexibility index (Phi) is 6.08. The van der Waals surface area contributed by atoms with Crippen LogP contribution in [0.3, 0.4) is 0 Å². The molecule has 1 aliphatic rings. The Morgan fingerprint density at radius 2 is 2.03 bits per heavy atom. The van der Waals surface area contributed by atoms with Crippen LogP contribution in [0.5, 0.6) is 5.88 Å². The van der Waals surface area contributed by atoms with E-state index >= 15 is 0 Å². The highest BCUT2D eigenvalue weighted by Gasteiger charge is 2.31. The molecule has 2 amide bonds. The summed E-state index contributed by atoms with van der Waals surface area (Å²) in [7, 11) is 0. The van der Waals surface area contributed by atoms with Gasteiger partial charge in [-0.2, -0.15) is 0 Å². The highest BCUT2D eigenvalue weighted by atomic mass is 35.5. The average molecular weight is 441 g/mol. The lowest BCUT2D eigenvalue weighted by Crippen LogP contribution is -2.50. The van der Waals surface area contributed by atoms with Crippen molar-refractivity contribution in [2.75, 3.05) is 13.1 Å². The number of fused-ring (bicyclic) bond motifs is 1. The van der Waals surface area contributed by atoms with Gasteiger partial charge in [0.15, 0.2) is 0 Å². The Balaban J connectivity index is 1.48. The topological polar surface area (TPSA) is 107 Å². The number of nitrogens with one attached hydrogen (secondary N) is 2. The first-order valence-electron chi connectivity index (χ1n) is 9.81. The van der Waals surface area contributed by atoms with Crippen LogP contribution in [-0.2, 0) is 11.2 Å². The monoisotopic (exact) mass is 440 g/mol. The van der Waals surface area contributed by atoms with Gasteiger partial charge < -0.3 is 25.1 Å². The molecule has 1 aromatic heterocycles. The predicted molar refractivity (Wildman–Crippen MR) is 117 cm³/mol. The second kappa shape index (κ2) is 9.09. The van der Waals surface area contributed by atoms with Gasteiger partial charge in [0.05, 0.1) is 12.3 Å². The van der Waals surface area contributed by atoms with Crippen molar-refractivity contribution in [1.82, 2.24) is 15.2 Å². The lowest BCUT2D eigenvalue weighted by molar-refractivity contribution is -0.131. The number of carbonyl (C=O) groups excluding carboxylic acids is 2. The molecule has 0 bridgehead atoms. The molecule has 9 heteroatoms. The fourth-order valence-corrected chi connectivity index (χ4v) is 3.77. The molecule has 1 saturated heterocycles. The first kappa shape index (κ1) is 20.7. The maximum absolute atomic E-state index is 13.1. The van der Waals surface area contributed by atoms with Crippen LogP contribution in [-0.4, -0.2) is 51.9 Å². The number of halogens is 1. The summed E-state index contributed by atoms with van der Waals surface area (Å²) < 4.78 is 5.38. The van der Waals surface area contributed by atoms with Crippen LogP contribution in [0.1, 0.15) is 12.0 Å². The zero-order chi connectivity index (χ0) is 21.8. The van der Waals surface area contributed by atoms with Crippen molar-refractivity contribution in [2.24, 2.45) is 5.16 Å². The number of H-pyrrole nitrogens is 1. The number of rotatable bonds is 5. The molecule has 4 rings (SSSR count). The number of aromatic nitrogens is 1. The Labute approximate surface area is 183 Å². The molecule has 160 valence electrons. The van der Waals surface area contributed by atoms with Gasteiger partial charge in [-0.3, -0.25) is 4.79 Å². The molecule has 8 nitrogen and oxygen atoms in total. The number of benzene rings is 2. The van der Waals surface area contributed by atoms with E-state index < -0.39 is 12.1 Å². The molecule has 0 spiro atoms. The van der Waals surface area contributed by atoms with Crippen molar-refractivity contribution < 1.29 is 19.5 Å². The van der Waals surface area contributed by atoms with Crippen molar-refractivity contribution in [3.8, 4) is 5.88 Å². The number of oxime groups is 1. The zero-order valence-corrected chi connectivity index (χ0v) is 17.3. The van der Waals surface area contributed by atoms with Crippen molar-refractivity contribution >= 4 is 40.2 Å². The van der Waals surface area contributed by atoms with Gasteiger partial charge in [-0.05, 0) is 23.8 Å². The van der Waals surface area contributed by atoms with E-state index in [4.69, 9.17) is 21.5 Å². The number of hydrogen-bond acceptors (Lipinski definition) is 5. The number of nitrogens with zero attached hydrogens (tertiary/aromatic N) is 2. The molecule has 0 saturated carbocycles. The number of amides is 2. The molecule has 2 aromatic carbocycles. The summed E-state index contributed by atoms with van der Waals surface area (Å²) in [6.07, 6.45) is 0.0591. The summed E-state index contributed by atoms with van der Waals surface area (Å²) in [6, 6.07) is 15.5. The summed E-state index contributed by atoms with van der Waals surface area (Å²) in [5.41, 5.74) is 2.21. The smallest absolute Gasteiger partial charge is 0.411 e. The number of ether oxygens (including phenoxy) is 1. The zero-order valence-electron chi connectivity index (χ0n) is 16.5. The van der Waals surface area contributed by atoms with E-state index in [1.54, 1.807) is 29.2 Å². The second-order valence-corrected chi connectivity index (χ2v) is 7.75. The molecule has 0 radical (unpaired) electrons. The van der Waals surface area contributed by atoms with Gasteiger partial charge in [0.2, 0.25) is 11.8 Å². The van der Waals surface area contributed by atoms with Gasteiger partial charge in [0.1, 0.15) is 6.04 Å². The fraction of sp³-hybridized carbons (Fsp3) is 0.227. The van der Waals surface area contributed by atoms with E-state index in [1.165, 1.54) is 0 Å². The van der Waals surface area contributed by atoms with E-state index in [-0.39, 0.29) is 18.3 Å². The van der Waals surface area contributed by atoms with Crippen molar-refractivity contribution in [2.45, 2.75) is 18.9 Å². The molecule has 1 atom stereocenters. The van der Waals surface area contributed by atoms with Crippen LogP contribution in [0.4, 0.5) is 4.79 Å². The number of likely N-dealkylation sites (tertiary alicyclic amines) is 1.